The van der Waals surface area contributed by atoms with Crippen molar-refractivity contribution >= 4 is 26.0 Å². The zero-order chi connectivity index (χ0) is 14.8. The summed E-state index contributed by atoms with van der Waals surface area (Å²) in [7, 11) is -4.29. The van der Waals surface area contributed by atoms with Gasteiger partial charge in [-0.15, -0.1) is 0 Å². The molecular weight excluding hydrogens is 353 g/mol. The zero-order valence-electron chi connectivity index (χ0n) is 10.2. The maximum Gasteiger partial charge on any atom is 0.402 e. The number of sulfonamides is 1. The number of alkyl halides is 4. The van der Waals surface area contributed by atoms with Crippen LogP contribution in [-0.4, -0.2) is 42.5 Å². The first kappa shape index (κ1) is 16.4. The van der Waals surface area contributed by atoms with Gasteiger partial charge in [-0.25, -0.2) is 8.42 Å². The highest BCUT2D eigenvalue weighted by molar-refractivity contribution is 9.09. The van der Waals surface area contributed by atoms with Crippen molar-refractivity contribution in [3.63, 3.8) is 0 Å². The minimum Gasteiger partial charge on any atom is -0.360 e. The molecule has 1 heterocycles. The van der Waals surface area contributed by atoms with E-state index in [1.807, 2.05) is 0 Å². The number of nitrogens with zero attached hydrogens (tertiary/aromatic N) is 2. The van der Waals surface area contributed by atoms with E-state index in [1.165, 1.54) is 13.8 Å². The van der Waals surface area contributed by atoms with Crippen molar-refractivity contribution in [2.75, 3.05) is 18.4 Å². The summed E-state index contributed by atoms with van der Waals surface area (Å²) in [4.78, 5) is -0.308. The molecule has 0 fully saturated rings. The molecule has 110 valence electrons. The van der Waals surface area contributed by atoms with Crippen LogP contribution < -0.4 is 0 Å². The minimum atomic E-state index is -4.62. The van der Waals surface area contributed by atoms with Gasteiger partial charge in [0.25, 0.3) is 0 Å². The number of aryl methyl sites for hydroxylation is 2. The molecule has 19 heavy (non-hydrogen) atoms. The Morgan fingerprint density at radius 1 is 1.37 bits per heavy atom. The molecular formula is C9H12BrF3N2O3S. The molecule has 0 aliphatic heterocycles. The molecule has 0 aliphatic carbocycles. The normalized spacial score (nSPS) is 13.2. The fourth-order valence-electron chi connectivity index (χ4n) is 1.55. The van der Waals surface area contributed by atoms with Crippen LogP contribution in [0.3, 0.4) is 0 Å². The fourth-order valence-corrected chi connectivity index (χ4v) is 3.93. The van der Waals surface area contributed by atoms with Gasteiger partial charge in [0, 0.05) is 11.9 Å². The summed E-state index contributed by atoms with van der Waals surface area (Å²) in [5.74, 6) is -0.0285. The number of aromatic nitrogens is 1. The summed E-state index contributed by atoms with van der Waals surface area (Å²) in [5, 5.41) is 3.54. The fraction of sp³-hybridized carbons (Fsp3) is 0.667. The number of hydrogen-bond acceptors (Lipinski definition) is 4. The number of rotatable bonds is 5. The molecule has 1 aromatic rings. The van der Waals surface area contributed by atoms with Gasteiger partial charge in [0.2, 0.25) is 10.0 Å². The molecule has 0 atom stereocenters. The summed E-state index contributed by atoms with van der Waals surface area (Å²) in [6.07, 6.45) is -4.62. The van der Waals surface area contributed by atoms with Crippen LogP contribution in [0.2, 0.25) is 0 Å². The minimum absolute atomic E-state index is 0.0285. The average molecular weight is 365 g/mol. The van der Waals surface area contributed by atoms with Gasteiger partial charge < -0.3 is 4.52 Å². The lowest BCUT2D eigenvalue weighted by Crippen LogP contribution is -2.40. The van der Waals surface area contributed by atoms with Crippen molar-refractivity contribution in [2.24, 2.45) is 0 Å². The molecule has 0 saturated carbocycles. The lowest BCUT2D eigenvalue weighted by Gasteiger charge is -2.22. The summed E-state index contributed by atoms with van der Waals surface area (Å²) in [5.41, 5.74) is 0.0410. The first-order chi connectivity index (χ1) is 8.59. The Labute approximate surface area is 116 Å². The molecule has 10 heteroatoms. The van der Waals surface area contributed by atoms with E-state index in [0.29, 0.717) is 4.31 Å². The highest BCUT2D eigenvalue weighted by atomic mass is 79.9. The van der Waals surface area contributed by atoms with Crippen LogP contribution in [0.4, 0.5) is 13.2 Å². The molecule has 0 aliphatic rings. The summed E-state index contributed by atoms with van der Waals surface area (Å²) in [6, 6.07) is 0. The van der Waals surface area contributed by atoms with E-state index in [4.69, 9.17) is 4.52 Å². The van der Waals surface area contributed by atoms with Gasteiger partial charge >= 0.3 is 6.18 Å². The van der Waals surface area contributed by atoms with Crippen LogP contribution in [0.5, 0.6) is 0 Å². The van der Waals surface area contributed by atoms with Gasteiger partial charge in [-0.1, -0.05) is 21.1 Å². The average Bonchev–Trinajstić information content (AvgIpc) is 2.56. The zero-order valence-corrected chi connectivity index (χ0v) is 12.6. The highest BCUT2D eigenvalue weighted by Gasteiger charge is 2.39. The third-order valence-corrected chi connectivity index (χ3v) is 4.70. The maximum atomic E-state index is 12.4. The number of hydrogen-bond donors (Lipinski definition) is 0. The Bertz CT molecular complexity index is 522. The SMILES string of the molecule is Cc1noc(C)c1S(=O)(=O)N(CCBr)CC(F)(F)F. The lowest BCUT2D eigenvalue weighted by molar-refractivity contribution is -0.135. The van der Waals surface area contributed by atoms with Crippen LogP contribution >= 0.6 is 15.9 Å². The van der Waals surface area contributed by atoms with Crippen molar-refractivity contribution in [3.05, 3.63) is 11.5 Å². The van der Waals surface area contributed by atoms with E-state index in [1.54, 1.807) is 0 Å². The standard InChI is InChI=1S/C9H12BrF3N2O3S/c1-6-8(7(2)18-14-6)19(16,17)15(4-3-10)5-9(11,12)13/h3-5H2,1-2H3. The summed E-state index contributed by atoms with van der Waals surface area (Å²) >= 11 is 2.94. The molecule has 0 saturated heterocycles. The Balaban J connectivity index is 3.21. The van der Waals surface area contributed by atoms with Crippen molar-refractivity contribution in [1.82, 2.24) is 9.46 Å². The van der Waals surface area contributed by atoms with Crippen LogP contribution in [0.25, 0.3) is 0 Å². The second-order valence-corrected chi connectivity index (χ2v) is 6.46. The molecule has 5 nitrogen and oxygen atoms in total. The van der Waals surface area contributed by atoms with Gasteiger partial charge in [0.1, 0.15) is 17.1 Å². The van der Waals surface area contributed by atoms with E-state index < -0.39 is 22.7 Å². The molecule has 1 aromatic heterocycles. The van der Waals surface area contributed by atoms with Crippen LogP contribution in [-0.2, 0) is 10.0 Å². The van der Waals surface area contributed by atoms with Crippen LogP contribution in [0.15, 0.2) is 9.42 Å². The molecule has 0 aromatic carbocycles. The van der Waals surface area contributed by atoms with Gasteiger partial charge in [0.15, 0.2) is 5.76 Å². The van der Waals surface area contributed by atoms with E-state index in [-0.39, 0.29) is 28.2 Å². The van der Waals surface area contributed by atoms with Gasteiger partial charge in [-0.05, 0) is 13.8 Å². The van der Waals surface area contributed by atoms with Crippen LogP contribution in [0, 0.1) is 13.8 Å². The lowest BCUT2D eigenvalue weighted by atomic mass is 10.4. The third kappa shape index (κ3) is 3.93. The van der Waals surface area contributed by atoms with Crippen molar-refractivity contribution in [1.29, 1.82) is 0 Å². The molecule has 1 rings (SSSR count). The quantitative estimate of drug-likeness (QED) is 0.751. The van der Waals surface area contributed by atoms with Crippen molar-refractivity contribution in [3.8, 4) is 0 Å². The van der Waals surface area contributed by atoms with Gasteiger partial charge in [0.05, 0.1) is 0 Å². The Kier molecular flexibility index (Phi) is 5.02. The highest BCUT2D eigenvalue weighted by Crippen LogP contribution is 2.26. The Hall–Kier alpha value is -0.610. The third-order valence-electron chi connectivity index (χ3n) is 2.26. The molecule has 0 radical (unpaired) electrons. The smallest absolute Gasteiger partial charge is 0.360 e. The van der Waals surface area contributed by atoms with Crippen LogP contribution in [0.1, 0.15) is 11.5 Å². The largest absolute Gasteiger partial charge is 0.402 e. The first-order valence-corrected chi connectivity index (χ1v) is 7.71. The first-order valence-electron chi connectivity index (χ1n) is 5.15. The van der Waals surface area contributed by atoms with E-state index in [9.17, 15) is 21.6 Å². The second-order valence-electron chi connectivity index (χ2n) is 3.80. The molecule has 0 bridgehead atoms. The number of halogens is 4. The van der Waals surface area contributed by atoms with Crippen molar-refractivity contribution < 1.29 is 26.1 Å². The van der Waals surface area contributed by atoms with E-state index >= 15 is 0 Å². The molecule has 0 amide bonds. The topological polar surface area (TPSA) is 63.4 Å². The van der Waals surface area contributed by atoms with Gasteiger partial charge in [-0.2, -0.15) is 17.5 Å². The molecule has 0 N–H and O–H groups in total. The van der Waals surface area contributed by atoms with Gasteiger partial charge in [-0.3, -0.25) is 0 Å². The van der Waals surface area contributed by atoms with E-state index in [2.05, 4.69) is 21.1 Å². The maximum absolute atomic E-state index is 12.4. The molecule has 0 unspecified atom stereocenters. The van der Waals surface area contributed by atoms with Crippen molar-refractivity contribution in [2.45, 2.75) is 24.9 Å². The Morgan fingerprint density at radius 3 is 2.32 bits per heavy atom. The predicted molar refractivity (Wildman–Crippen MR) is 64.6 cm³/mol. The monoisotopic (exact) mass is 364 g/mol. The predicted octanol–water partition coefficient (Wildman–Crippen LogP) is 2.24. The summed E-state index contributed by atoms with van der Waals surface area (Å²) < 4.78 is 66.8. The summed E-state index contributed by atoms with van der Waals surface area (Å²) in [6.45, 7) is 0.854. The molecule has 0 spiro atoms. The Morgan fingerprint density at radius 2 is 1.95 bits per heavy atom. The van der Waals surface area contributed by atoms with E-state index in [0.717, 1.165) is 0 Å². The second kappa shape index (κ2) is 5.80.